The number of para-hydroxylation sites is 1. The van der Waals surface area contributed by atoms with E-state index in [1.807, 2.05) is 47.4 Å². The van der Waals surface area contributed by atoms with Crippen molar-refractivity contribution in [3.63, 3.8) is 0 Å². The van der Waals surface area contributed by atoms with Gasteiger partial charge in [0.05, 0.1) is 6.04 Å². The van der Waals surface area contributed by atoms with Crippen LogP contribution in [0.2, 0.25) is 5.02 Å². The summed E-state index contributed by atoms with van der Waals surface area (Å²) in [5.41, 5.74) is 3.07. The summed E-state index contributed by atoms with van der Waals surface area (Å²) in [5.74, 6) is 0.150. The van der Waals surface area contributed by atoms with Gasteiger partial charge in [0.15, 0.2) is 0 Å². The average molecular weight is 434 g/mol. The largest absolute Gasteiger partial charge is 0.333 e. The molecule has 2 heterocycles. The van der Waals surface area contributed by atoms with Crippen molar-refractivity contribution in [2.24, 2.45) is 0 Å². The van der Waals surface area contributed by atoms with Crippen LogP contribution in [-0.4, -0.2) is 42.9 Å². The van der Waals surface area contributed by atoms with Crippen LogP contribution in [0, 0.1) is 0 Å². The van der Waals surface area contributed by atoms with Gasteiger partial charge < -0.3 is 15.1 Å². The summed E-state index contributed by atoms with van der Waals surface area (Å²) in [6.07, 6.45) is 1.58. The predicted molar refractivity (Wildman–Crippen MR) is 118 cm³/mol. The summed E-state index contributed by atoms with van der Waals surface area (Å²) in [7, 11) is 0. The molecule has 0 bridgehead atoms. The van der Waals surface area contributed by atoms with Gasteiger partial charge in [0, 0.05) is 49.7 Å². The van der Waals surface area contributed by atoms with Gasteiger partial charge in [-0.25, -0.2) is 0 Å². The Morgan fingerprint density at radius 3 is 2.69 bits per heavy atom. The Kier molecular flexibility index (Phi) is 7.17. The number of aryl methyl sites for hydroxylation is 1. The van der Waals surface area contributed by atoms with Crippen LogP contribution in [0.1, 0.15) is 30.0 Å². The lowest BCUT2D eigenvalue weighted by Gasteiger charge is -2.37. The normalized spacial score (nSPS) is 18.8. The maximum Gasteiger partial charge on any atom is 0.227 e. The molecular weight excluding hydrogens is 409 g/mol. The van der Waals surface area contributed by atoms with Crippen molar-refractivity contribution < 1.29 is 9.59 Å². The second-order valence-corrected chi connectivity index (χ2v) is 7.66. The smallest absolute Gasteiger partial charge is 0.227 e. The molecule has 0 spiro atoms. The lowest BCUT2D eigenvalue weighted by molar-refractivity contribution is -0.134. The molecule has 0 aliphatic carbocycles. The van der Waals surface area contributed by atoms with Gasteiger partial charge in [-0.3, -0.25) is 9.59 Å². The maximum absolute atomic E-state index is 13.1. The lowest BCUT2D eigenvalue weighted by Crippen LogP contribution is -2.49. The number of piperazine rings is 1. The number of nitrogens with one attached hydrogen (secondary N) is 1. The Bertz CT molecular complexity index is 890. The van der Waals surface area contributed by atoms with E-state index in [1.54, 1.807) is 4.90 Å². The molecule has 0 saturated carbocycles. The number of benzene rings is 2. The molecular formula is C22H25Cl2N3O2. The van der Waals surface area contributed by atoms with Gasteiger partial charge in [-0.05, 0) is 29.7 Å². The first-order valence-electron chi connectivity index (χ1n) is 9.78. The van der Waals surface area contributed by atoms with Crippen LogP contribution in [-0.2, 0) is 16.0 Å². The molecule has 2 amide bonds. The molecule has 154 valence electrons. The summed E-state index contributed by atoms with van der Waals surface area (Å²) in [6, 6.07) is 15.6. The minimum absolute atomic E-state index is 0. The van der Waals surface area contributed by atoms with Gasteiger partial charge in [0.2, 0.25) is 11.8 Å². The summed E-state index contributed by atoms with van der Waals surface area (Å²) in [5, 5.41) is 4.03. The van der Waals surface area contributed by atoms with Gasteiger partial charge in [0.1, 0.15) is 0 Å². The van der Waals surface area contributed by atoms with Gasteiger partial charge in [0.25, 0.3) is 0 Å². The van der Waals surface area contributed by atoms with Crippen LogP contribution in [0.4, 0.5) is 5.69 Å². The molecule has 1 atom stereocenters. The molecule has 0 radical (unpaired) electrons. The van der Waals surface area contributed by atoms with Gasteiger partial charge in [-0.1, -0.05) is 48.0 Å². The number of hydrogen-bond donors (Lipinski definition) is 1. The number of carbonyl (C=O) groups excluding carboxylic acids is 2. The van der Waals surface area contributed by atoms with E-state index < -0.39 is 0 Å². The van der Waals surface area contributed by atoms with Crippen LogP contribution in [0.3, 0.4) is 0 Å². The first kappa shape index (κ1) is 21.6. The Morgan fingerprint density at radius 2 is 1.86 bits per heavy atom. The molecule has 4 rings (SSSR count). The number of nitrogens with zero attached hydrogens (tertiary/aromatic N) is 2. The summed E-state index contributed by atoms with van der Waals surface area (Å²) in [6.45, 7) is 2.49. The fourth-order valence-corrected chi connectivity index (χ4v) is 4.38. The Morgan fingerprint density at radius 1 is 1.10 bits per heavy atom. The zero-order valence-electron chi connectivity index (χ0n) is 16.1. The number of fused-ring (bicyclic) bond motifs is 1. The quantitative estimate of drug-likeness (QED) is 0.800. The number of halogens is 2. The van der Waals surface area contributed by atoms with E-state index in [0.29, 0.717) is 37.5 Å². The molecule has 2 aromatic rings. The van der Waals surface area contributed by atoms with E-state index in [-0.39, 0.29) is 30.3 Å². The Hall–Kier alpha value is -2.08. The monoisotopic (exact) mass is 433 g/mol. The van der Waals surface area contributed by atoms with E-state index in [2.05, 4.69) is 11.4 Å². The van der Waals surface area contributed by atoms with Crippen LogP contribution >= 0.6 is 24.0 Å². The van der Waals surface area contributed by atoms with Crippen LogP contribution in [0.15, 0.2) is 48.5 Å². The van der Waals surface area contributed by atoms with E-state index in [4.69, 9.17) is 11.6 Å². The predicted octanol–water partition coefficient (Wildman–Crippen LogP) is 3.60. The number of carbonyl (C=O) groups is 2. The van der Waals surface area contributed by atoms with Crippen molar-refractivity contribution in [1.29, 1.82) is 0 Å². The van der Waals surface area contributed by atoms with Crippen LogP contribution in [0.25, 0.3) is 0 Å². The zero-order valence-corrected chi connectivity index (χ0v) is 17.7. The van der Waals surface area contributed by atoms with Crippen molar-refractivity contribution in [2.45, 2.75) is 25.3 Å². The van der Waals surface area contributed by atoms with Crippen molar-refractivity contribution >= 4 is 41.5 Å². The van der Waals surface area contributed by atoms with Crippen molar-refractivity contribution in [1.82, 2.24) is 10.2 Å². The summed E-state index contributed by atoms with van der Waals surface area (Å²) >= 11 is 6.38. The standard InChI is InChI=1S/C22H24ClN3O2.ClH/c23-18-7-3-2-6-17(18)20-15-24-12-14-26(20)22(28)11-13-25-19-8-4-1-5-16(19)9-10-21(25)27;/h1-8,20,24H,9-15H2;1H. The number of anilines is 1. The van der Waals surface area contributed by atoms with Gasteiger partial charge in [-0.15, -0.1) is 12.4 Å². The molecule has 0 aromatic heterocycles. The Labute approximate surface area is 182 Å². The van der Waals surface area contributed by atoms with Crippen molar-refractivity contribution in [2.75, 3.05) is 31.1 Å². The molecule has 29 heavy (non-hydrogen) atoms. The third kappa shape index (κ3) is 4.58. The molecule has 5 nitrogen and oxygen atoms in total. The number of hydrogen-bond acceptors (Lipinski definition) is 3. The summed E-state index contributed by atoms with van der Waals surface area (Å²) < 4.78 is 0. The topological polar surface area (TPSA) is 52.7 Å². The van der Waals surface area contributed by atoms with Gasteiger partial charge in [-0.2, -0.15) is 0 Å². The highest BCUT2D eigenvalue weighted by atomic mass is 35.5. The van der Waals surface area contributed by atoms with Crippen LogP contribution in [0.5, 0.6) is 0 Å². The molecule has 1 unspecified atom stereocenters. The fourth-order valence-electron chi connectivity index (χ4n) is 4.12. The molecule has 1 saturated heterocycles. The second-order valence-electron chi connectivity index (χ2n) is 7.25. The van der Waals surface area contributed by atoms with E-state index in [9.17, 15) is 9.59 Å². The third-order valence-electron chi connectivity index (χ3n) is 5.57. The molecule has 2 aliphatic rings. The first-order valence-corrected chi connectivity index (χ1v) is 10.2. The minimum atomic E-state index is -0.0840. The maximum atomic E-state index is 13.1. The fraction of sp³-hybridized carbons (Fsp3) is 0.364. The SMILES string of the molecule is Cl.O=C1CCc2ccccc2N1CCC(=O)N1CCNCC1c1ccccc1Cl. The molecule has 1 fully saturated rings. The molecule has 1 N–H and O–H groups in total. The summed E-state index contributed by atoms with van der Waals surface area (Å²) in [4.78, 5) is 29.2. The van der Waals surface area contributed by atoms with Gasteiger partial charge >= 0.3 is 0 Å². The lowest BCUT2D eigenvalue weighted by atomic mass is 10.0. The molecule has 2 aromatic carbocycles. The highest BCUT2D eigenvalue weighted by Crippen LogP contribution is 2.30. The highest BCUT2D eigenvalue weighted by Gasteiger charge is 2.30. The van der Waals surface area contributed by atoms with E-state index in [0.717, 1.165) is 24.2 Å². The van der Waals surface area contributed by atoms with E-state index >= 15 is 0 Å². The first-order chi connectivity index (χ1) is 13.6. The molecule has 2 aliphatic heterocycles. The number of amides is 2. The molecule has 7 heteroatoms. The van der Waals surface area contributed by atoms with E-state index in [1.165, 1.54) is 5.56 Å². The Balaban J connectivity index is 0.00000240. The second kappa shape index (κ2) is 9.61. The average Bonchev–Trinajstić information content (AvgIpc) is 2.73. The van der Waals surface area contributed by atoms with Crippen LogP contribution < -0.4 is 10.2 Å². The van der Waals surface area contributed by atoms with Crippen molar-refractivity contribution in [3.05, 3.63) is 64.7 Å². The minimum Gasteiger partial charge on any atom is -0.333 e. The van der Waals surface area contributed by atoms with Crippen molar-refractivity contribution in [3.8, 4) is 0 Å². The number of rotatable bonds is 4. The zero-order chi connectivity index (χ0) is 19.5. The highest BCUT2D eigenvalue weighted by molar-refractivity contribution is 6.31. The third-order valence-corrected chi connectivity index (χ3v) is 5.91.